The highest BCUT2D eigenvalue weighted by atomic mass is 19.2. The maximum Gasteiger partial charge on any atom is 0.233 e. The van der Waals surface area contributed by atoms with Crippen molar-refractivity contribution in [1.29, 1.82) is 10.5 Å². The molecule has 0 saturated heterocycles. The van der Waals surface area contributed by atoms with Crippen molar-refractivity contribution in [3.05, 3.63) is 41.0 Å². The van der Waals surface area contributed by atoms with Crippen LogP contribution in [0.2, 0.25) is 0 Å². The van der Waals surface area contributed by atoms with Crippen molar-refractivity contribution in [3.63, 3.8) is 0 Å². The normalized spacial score (nSPS) is 10.8. The van der Waals surface area contributed by atoms with Crippen LogP contribution in [0.4, 0.5) is 18.9 Å². The van der Waals surface area contributed by atoms with Crippen molar-refractivity contribution in [2.24, 2.45) is 5.73 Å². The lowest BCUT2D eigenvalue weighted by Gasteiger charge is -2.19. The minimum Gasteiger partial charge on any atom is -0.388 e. The monoisotopic (exact) mass is 281 g/mol. The SMILES string of the molecule is N#C/C(N)=C(\C#N)N(C=O)Nc1ccc(F)c(F)c1F. The van der Waals surface area contributed by atoms with Crippen molar-refractivity contribution in [2.75, 3.05) is 5.43 Å². The summed E-state index contributed by atoms with van der Waals surface area (Å²) in [5.74, 6) is -4.76. The van der Waals surface area contributed by atoms with Crippen LogP contribution in [0, 0.1) is 40.1 Å². The van der Waals surface area contributed by atoms with Gasteiger partial charge in [0.2, 0.25) is 6.41 Å². The molecule has 0 bridgehead atoms. The fraction of sp³-hybridized carbons (Fsp3) is 0. The number of nitrogens with two attached hydrogens (primary N) is 1. The Morgan fingerprint density at radius 1 is 1.25 bits per heavy atom. The first-order chi connectivity index (χ1) is 9.46. The summed E-state index contributed by atoms with van der Waals surface area (Å²) in [7, 11) is 0. The van der Waals surface area contributed by atoms with E-state index in [1.54, 1.807) is 0 Å². The van der Waals surface area contributed by atoms with Gasteiger partial charge in [0, 0.05) is 0 Å². The Labute approximate surface area is 111 Å². The first kappa shape index (κ1) is 14.9. The van der Waals surface area contributed by atoms with Gasteiger partial charge in [-0.3, -0.25) is 10.2 Å². The van der Waals surface area contributed by atoms with Crippen molar-refractivity contribution in [1.82, 2.24) is 5.01 Å². The van der Waals surface area contributed by atoms with Gasteiger partial charge in [0.1, 0.15) is 17.8 Å². The van der Waals surface area contributed by atoms with Gasteiger partial charge in [-0.05, 0) is 12.1 Å². The van der Waals surface area contributed by atoms with E-state index in [1.165, 1.54) is 12.1 Å². The molecule has 0 heterocycles. The van der Waals surface area contributed by atoms with Gasteiger partial charge >= 0.3 is 0 Å². The fourth-order valence-electron chi connectivity index (χ4n) is 1.17. The molecule has 6 nitrogen and oxygen atoms in total. The van der Waals surface area contributed by atoms with Crippen LogP contribution < -0.4 is 11.2 Å². The van der Waals surface area contributed by atoms with E-state index >= 15 is 0 Å². The molecule has 0 unspecified atom stereocenters. The van der Waals surface area contributed by atoms with Gasteiger partial charge in [0.05, 0.1) is 5.69 Å². The standard InChI is InChI=1S/C11H6F3N5O/c12-6-1-2-8(11(14)10(6)13)18-19(5-20)9(4-16)7(17)3-15/h1-2,5,18H,17H2/b9-7-. The molecular formula is C11H6F3N5O. The van der Waals surface area contributed by atoms with Gasteiger partial charge in [-0.15, -0.1) is 0 Å². The molecule has 1 aromatic rings. The van der Waals surface area contributed by atoms with Crippen LogP contribution in [0.1, 0.15) is 0 Å². The second kappa shape index (κ2) is 6.11. The van der Waals surface area contributed by atoms with E-state index in [-0.39, 0.29) is 6.41 Å². The van der Waals surface area contributed by atoms with E-state index in [4.69, 9.17) is 16.3 Å². The number of nitrogens with one attached hydrogen (secondary N) is 1. The number of carbonyl (C=O) groups is 1. The van der Waals surface area contributed by atoms with Gasteiger partial charge in [0.15, 0.2) is 23.1 Å². The Hall–Kier alpha value is -3.20. The zero-order valence-electron chi connectivity index (χ0n) is 9.69. The molecule has 0 aliphatic carbocycles. The number of halogens is 3. The van der Waals surface area contributed by atoms with Crippen LogP contribution in [0.15, 0.2) is 23.5 Å². The third-order valence-electron chi connectivity index (χ3n) is 2.10. The molecule has 3 N–H and O–H groups in total. The topological polar surface area (TPSA) is 106 Å². The maximum absolute atomic E-state index is 13.4. The number of carbonyl (C=O) groups excluding carboxylic acids is 1. The number of rotatable bonds is 4. The number of amides is 1. The summed E-state index contributed by atoms with van der Waals surface area (Å²) in [6, 6.07) is 4.29. The average molecular weight is 281 g/mol. The van der Waals surface area contributed by atoms with Crippen LogP contribution in [-0.4, -0.2) is 11.4 Å². The summed E-state index contributed by atoms with van der Waals surface area (Å²) in [5, 5.41) is 17.7. The summed E-state index contributed by atoms with van der Waals surface area (Å²) in [6.45, 7) is 0. The minimum absolute atomic E-state index is 0.0173. The second-order valence-electron chi connectivity index (χ2n) is 3.30. The third kappa shape index (κ3) is 2.79. The number of benzene rings is 1. The van der Waals surface area contributed by atoms with Crippen LogP contribution in [0.3, 0.4) is 0 Å². The van der Waals surface area contributed by atoms with Gasteiger partial charge in [-0.2, -0.15) is 10.5 Å². The number of anilines is 1. The predicted molar refractivity (Wildman–Crippen MR) is 60.3 cm³/mol. The van der Waals surface area contributed by atoms with Crippen molar-refractivity contribution >= 4 is 12.1 Å². The molecule has 0 aromatic heterocycles. The molecule has 20 heavy (non-hydrogen) atoms. The van der Waals surface area contributed by atoms with E-state index < -0.39 is 34.5 Å². The first-order valence-corrected chi connectivity index (χ1v) is 4.90. The number of hydrogen-bond acceptors (Lipinski definition) is 5. The lowest BCUT2D eigenvalue weighted by atomic mass is 10.3. The van der Waals surface area contributed by atoms with Gasteiger partial charge < -0.3 is 5.73 Å². The summed E-state index contributed by atoms with van der Waals surface area (Å²) >= 11 is 0. The highest BCUT2D eigenvalue weighted by Crippen LogP contribution is 2.20. The molecular weight excluding hydrogens is 275 g/mol. The van der Waals surface area contributed by atoms with Gasteiger partial charge in [-0.25, -0.2) is 18.2 Å². The Balaban J connectivity index is 3.21. The molecule has 0 aliphatic heterocycles. The van der Waals surface area contributed by atoms with E-state index in [1.807, 2.05) is 5.43 Å². The maximum atomic E-state index is 13.4. The van der Waals surface area contributed by atoms with Gasteiger partial charge in [-0.1, -0.05) is 0 Å². The number of hydrogen-bond donors (Lipinski definition) is 2. The van der Waals surface area contributed by atoms with E-state index in [9.17, 15) is 18.0 Å². The Morgan fingerprint density at radius 3 is 2.40 bits per heavy atom. The molecule has 1 rings (SSSR count). The average Bonchev–Trinajstić information content (AvgIpc) is 2.46. The minimum atomic E-state index is -1.75. The highest BCUT2D eigenvalue weighted by Gasteiger charge is 2.18. The lowest BCUT2D eigenvalue weighted by Crippen LogP contribution is -2.30. The smallest absolute Gasteiger partial charge is 0.233 e. The van der Waals surface area contributed by atoms with Crippen molar-refractivity contribution in [2.45, 2.75) is 0 Å². The Morgan fingerprint density at radius 2 is 1.90 bits per heavy atom. The number of nitrogens with zero attached hydrogens (tertiary/aromatic N) is 3. The number of hydrazine groups is 1. The quantitative estimate of drug-likeness (QED) is 0.372. The first-order valence-electron chi connectivity index (χ1n) is 4.90. The summed E-state index contributed by atoms with van der Waals surface area (Å²) in [4.78, 5) is 10.8. The van der Waals surface area contributed by atoms with Gasteiger partial charge in [0.25, 0.3) is 0 Å². The van der Waals surface area contributed by atoms with Crippen molar-refractivity contribution < 1.29 is 18.0 Å². The second-order valence-corrected chi connectivity index (χ2v) is 3.30. The van der Waals surface area contributed by atoms with Crippen LogP contribution in [0.5, 0.6) is 0 Å². The molecule has 1 aromatic carbocycles. The summed E-state index contributed by atoms with van der Waals surface area (Å²) in [6.07, 6.45) is 0.0173. The Bertz CT molecular complexity index is 659. The summed E-state index contributed by atoms with van der Waals surface area (Å²) in [5.41, 5.74) is 5.33. The van der Waals surface area contributed by atoms with Crippen LogP contribution in [0.25, 0.3) is 0 Å². The van der Waals surface area contributed by atoms with E-state index in [0.29, 0.717) is 11.1 Å². The van der Waals surface area contributed by atoms with E-state index in [2.05, 4.69) is 0 Å². The molecule has 0 aliphatic rings. The lowest BCUT2D eigenvalue weighted by molar-refractivity contribution is -0.115. The number of nitriles is 2. The zero-order chi connectivity index (χ0) is 15.3. The summed E-state index contributed by atoms with van der Waals surface area (Å²) < 4.78 is 39.1. The molecule has 0 saturated carbocycles. The molecule has 0 fully saturated rings. The third-order valence-corrected chi connectivity index (χ3v) is 2.10. The molecule has 0 spiro atoms. The number of allylic oxidation sites excluding steroid dienone is 2. The zero-order valence-corrected chi connectivity index (χ0v) is 9.69. The van der Waals surface area contributed by atoms with Crippen molar-refractivity contribution in [3.8, 4) is 12.1 Å². The van der Waals surface area contributed by atoms with Crippen LogP contribution in [-0.2, 0) is 4.79 Å². The Kier molecular flexibility index (Phi) is 4.54. The molecule has 0 atom stereocenters. The van der Waals surface area contributed by atoms with Crippen LogP contribution >= 0.6 is 0 Å². The molecule has 0 radical (unpaired) electrons. The molecule has 9 heteroatoms. The molecule has 1 amide bonds. The van der Waals surface area contributed by atoms with E-state index in [0.717, 1.165) is 6.07 Å². The largest absolute Gasteiger partial charge is 0.388 e. The fourth-order valence-corrected chi connectivity index (χ4v) is 1.17. The highest BCUT2D eigenvalue weighted by molar-refractivity contribution is 5.60. The predicted octanol–water partition coefficient (Wildman–Crippen LogP) is 1.11. The molecule has 102 valence electrons.